The molecule has 1 aromatic carbocycles. The quantitative estimate of drug-likeness (QED) is 0.366. The smallest absolute Gasteiger partial charge is 0.334 e. The molecule has 4 aliphatic carbocycles. The first-order chi connectivity index (χ1) is 12.1. The van der Waals surface area contributed by atoms with Crippen molar-refractivity contribution in [1.82, 2.24) is 4.90 Å². The van der Waals surface area contributed by atoms with Gasteiger partial charge in [0.1, 0.15) is 11.8 Å². The third kappa shape index (κ3) is 1.98. The Morgan fingerprint density at radius 2 is 1.60 bits per heavy atom. The van der Waals surface area contributed by atoms with E-state index in [1.807, 2.05) is 6.07 Å². The molecule has 0 radical (unpaired) electrons. The summed E-state index contributed by atoms with van der Waals surface area (Å²) in [6.45, 7) is 1.58. The molecule has 1 aromatic rings. The van der Waals surface area contributed by atoms with E-state index in [2.05, 4.69) is 12.2 Å². The molecule has 0 aromatic heterocycles. The molecule has 3 fully saturated rings. The number of ether oxygens (including phenoxy) is 1. The molecule has 1 heterocycles. The number of allylic oxidation sites excluding steroid dienone is 2. The predicted octanol–water partition coefficient (Wildman–Crippen LogP) is 2.03. The van der Waals surface area contributed by atoms with Crippen LogP contribution in [-0.2, 0) is 14.4 Å². The van der Waals surface area contributed by atoms with Crippen LogP contribution in [0.25, 0.3) is 0 Å². The fraction of sp³-hybridized carbons (Fsp3) is 0.450. The van der Waals surface area contributed by atoms with Crippen LogP contribution in [0.2, 0.25) is 0 Å². The second-order valence-electron chi connectivity index (χ2n) is 7.61. The molecular formula is C20H19NO4. The van der Waals surface area contributed by atoms with Crippen LogP contribution in [0.3, 0.4) is 0 Å². The van der Waals surface area contributed by atoms with Gasteiger partial charge in [-0.15, -0.1) is 0 Å². The van der Waals surface area contributed by atoms with E-state index in [1.165, 1.54) is 4.90 Å². The molecule has 2 amide bonds. The molecule has 6 rings (SSSR count). The van der Waals surface area contributed by atoms with Crippen LogP contribution in [0, 0.1) is 35.5 Å². The molecule has 7 atom stereocenters. The lowest BCUT2D eigenvalue weighted by Gasteiger charge is -2.37. The molecule has 128 valence electrons. The van der Waals surface area contributed by atoms with Crippen molar-refractivity contribution in [2.75, 3.05) is 0 Å². The summed E-state index contributed by atoms with van der Waals surface area (Å²) in [6, 6.07) is 7.81. The average molecular weight is 337 g/mol. The number of hydrogen-bond donors (Lipinski definition) is 0. The largest absolute Gasteiger partial charge is 0.425 e. The average Bonchev–Trinajstić information content (AvgIpc) is 3.40. The van der Waals surface area contributed by atoms with E-state index in [0.717, 1.165) is 6.42 Å². The lowest BCUT2D eigenvalue weighted by atomic mass is 9.63. The van der Waals surface area contributed by atoms with Crippen molar-refractivity contribution >= 4 is 17.8 Å². The normalized spacial score (nSPS) is 38.4. The molecule has 0 unspecified atom stereocenters. The minimum atomic E-state index is -0.901. The van der Waals surface area contributed by atoms with Crippen LogP contribution in [-0.4, -0.2) is 28.7 Å². The molecule has 5 aliphatic rings. The van der Waals surface area contributed by atoms with Crippen molar-refractivity contribution < 1.29 is 19.1 Å². The topological polar surface area (TPSA) is 63.7 Å². The summed E-state index contributed by atoms with van der Waals surface area (Å²) in [5.74, 6) is 0.332. The molecular weight excluding hydrogens is 318 g/mol. The maximum Gasteiger partial charge on any atom is 0.334 e. The van der Waals surface area contributed by atoms with Crippen molar-refractivity contribution in [3.8, 4) is 5.75 Å². The number of benzene rings is 1. The highest BCUT2D eigenvalue weighted by Crippen LogP contribution is 2.65. The van der Waals surface area contributed by atoms with Crippen LogP contribution < -0.4 is 4.74 Å². The summed E-state index contributed by atoms with van der Waals surface area (Å²) >= 11 is 0. The number of likely N-dealkylation sites (tertiary alicyclic amines) is 1. The Balaban J connectivity index is 1.39. The van der Waals surface area contributed by atoms with E-state index in [9.17, 15) is 14.4 Å². The first-order valence-electron chi connectivity index (χ1n) is 8.90. The van der Waals surface area contributed by atoms with Crippen LogP contribution in [0.4, 0.5) is 0 Å². The fourth-order valence-corrected chi connectivity index (χ4v) is 5.16. The van der Waals surface area contributed by atoms with Crippen LogP contribution >= 0.6 is 0 Å². The van der Waals surface area contributed by atoms with Crippen molar-refractivity contribution in [2.45, 2.75) is 19.4 Å². The summed E-state index contributed by atoms with van der Waals surface area (Å²) < 4.78 is 5.34. The lowest BCUT2D eigenvalue weighted by molar-refractivity contribution is -0.152. The first kappa shape index (κ1) is 14.9. The monoisotopic (exact) mass is 337 g/mol. The van der Waals surface area contributed by atoms with E-state index >= 15 is 0 Å². The third-order valence-corrected chi connectivity index (χ3v) is 6.39. The molecule has 1 saturated heterocycles. The Labute approximate surface area is 145 Å². The standard InChI is InChI=1S/C20H19NO4/c1-10(20(24)25-11-5-3-2-4-6-11)21-18(22)16-12-7-8-13(15-9-14(12)15)17(16)19(21)23/h2-8,10,12-17H,9H2,1H3/t10-,12+,13+,14-,15+,16-,17-/m1/s1. The molecule has 0 spiro atoms. The number of para-hydroxylation sites is 1. The zero-order chi connectivity index (χ0) is 17.3. The Kier molecular flexibility index (Phi) is 3.00. The van der Waals surface area contributed by atoms with Gasteiger partial charge in [-0.3, -0.25) is 14.5 Å². The van der Waals surface area contributed by atoms with E-state index < -0.39 is 12.0 Å². The number of carbonyl (C=O) groups is 3. The van der Waals surface area contributed by atoms with Crippen molar-refractivity contribution in [1.29, 1.82) is 0 Å². The number of rotatable bonds is 3. The summed E-state index contributed by atoms with van der Waals surface area (Å²) in [5, 5.41) is 0. The summed E-state index contributed by atoms with van der Waals surface area (Å²) in [5.41, 5.74) is 0. The van der Waals surface area contributed by atoms with E-state index in [0.29, 0.717) is 17.6 Å². The molecule has 25 heavy (non-hydrogen) atoms. The van der Waals surface area contributed by atoms with Crippen molar-refractivity contribution in [3.63, 3.8) is 0 Å². The van der Waals surface area contributed by atoms with Crippen molar-refractivity contribution in [2.24, 2.45) is 35.5 Å². The Morgan fingerprint density at radius 1 is 1.04 bits per heavy atom. The summed E-state index contributed by atoms with van der Waals surface area (Å²) in [6.07, 6.45) is 5.38. The van der Waals surface area contributed by atoms with E-state index in [-0.39, 0.29) is 35.5 Å². The Bertz CT molecular complexity index is 765. The van der Waals surface area contributed by atoms with Gasteiger partial charge in [0.2, 0.25) is 11.8 Å². The highest BCUT2D eigenvalue weighted by molar-refractivity contribution is 6.08. The highest BCUT2D eigenvalue weighted by Gasteiger charge is 2.67. The predicted molar refractivity (Wildman–Crippen MR) is 88.1 cm³/mol. The Hall–Kier alpha value is -2.43. The van der Waals surface area contributed by atoms with E-state index in [1.54, 1.807) is 31.2 Å². The summed E-state index contributed by atoms with van der Waals surface area (Å²) in [7, 11) is 0. The van der Waals surface area contributed by atoms with Gasteiger partial charge < -0.3 is 4.74 Å². The van der Waals surface area contributed by atoms with Gasteiger partial charge in [0.25, 0.3) is 0 Å². The number of esters is 1. The Morgan fingerprint density at radius 3 is 2.16 bits per heavy atom. The minimum Gasteiger partial charge on any atom is -0.425 e. The van der Waals surface area contributed by atoms with Crippen molar-refractivity contribution in [3.05, 3.63) is 42.5 Å². The second-order valence-corrected chi connectivity index (χ2v) is 7.61. The molecule has 2 bridgehead atoms. The molecule has 2 saturated carbocycles. The maximum absolute atomic E-state index is 13.0. The minimum absolute atomic E-state index is 0.166. The zero-order valence-corrected chi connectivity index (χ0v) is 13.9. The fourth-order valence-electron chi connectivity index (χ4n) is 5.16. The van der Waals surface area contributed by atoms with Gasteiger partial charge >= 0.3 is 5.97 Å². The number of imide groups is 1. The number of hydrogen-bond acceptors (Lipinski definition) is 4. The van der Waals surface area contributed by atoms with Gasteiger partial charge in [0, 0.05) is 0 Å². The maximum atomic E-state index is 13.0. The molecule has 5 heteroatoms. The molecule has 5 nitrogen and oxygen atoms in total. The van der Waals surface area contributed by atoms with Gasteiger partial charge in [-0.2, -0.15) is 0 Å². The lowest BCUT2D eigenvalue weighted by Crippen LogP contribution is -2.45. The number of carbonyl (C=O) groups excluding carboxylic acids is 3. The van der Waals surface area contributed by atoms with Gasteiger partial charge in [-0.1, -0.05) is 30.4 Å². The highest BCUT2D eigenvalue weighted by atomic mass is 16.5. The van der Waals surface area contributed by atoms with Crippen LogP contribution in [0.15, 0.2) is 42.5 Å². The third-order valence-electron chi connectivity index (χ3n) is 6.39. The molecule has 0 N–H and O–H groups in total. The first-order valence-corrected chi connectivity index (χ1v) is 8.90. The number of amides is 2. The number of nitrogens with zero attached hydrogens (tertiary/aromatic N) is 1. The SMILES string of the molecule is C[C@H](C(=O)Oc1ccccc1)N1C(=O)[C@@H]2[C@H]3C=C[C@@H]([C@@H]4C[C@H]34)[C@H]2C1=O. The van der Waals surface area contributed by atoms with E-state index in [4.69, 9.17) is 4.74 Å². The van der Waals surface area contributed by atoms with Crippen LogP contribution in [0.1, 0.15) is 13.3 Å². The summed E-state index contributed by atoms with van der Waals surface area (Å²) in [4.78, 5) is 39.6. The van der Waals surface area contributed by atoms with Crippen LogP contribution in [0.5, 0.6) is 5.75 Å². The molecule has 1 aliphatic heterocycles. The second kappa shape index (κ2) is 5.04. The van der Waals surface area contributed by atoms with Gasteiger partial charge in [-0.05, 0) is 49.1 Å². The zero-order valence-electron chi connectivity index (χ0n) is 13.9. The van der Waals surface area contributed by atoms with Gasteiger partial charge in [-0.25, -0.2) is 4.79 Å². The van der Waals surface area contributed by atoms with Gasteiger partial charge in [0.15, 0.2) is 0 Å². The van der Waals surface area contributed by atoms with Gasteiger partial charge in [0.05, 0.1) is 11.8 Å².